The molecular formula is C23H22O4. The molecule has 2 aromatic carbocycles. The second kappa shape index (κ2) is 9.92. The van der Waals surface area contributed by atoms with Gasteiger partial charge in [-0.2, -0.15) is 0 Å². The standard InChI is InChI=1S/C23H22O4/c1-17(2)14-15-18(3)21(27-23(25)20-12-8-5-9-13-20)16-26-22(24)19-10-6-4-7-11-19/h4-15H,1,16H2,2-3H3/b15-14-,21-18+. The first-order valence-corrected chi connectivity index (χ1v) is 8.50. The Bertz CT molecular complexity index is 862. The van der Waals surface area contributed by atoms with Crippen LogP contribution in [-0.2, 0) is 9.47 Å². The lowest BCUT2D eigenvalue weighted by Crippen LogP contribution is -2.14. The molecule has 0 fully saturated rings. The van der Waals surface area contributed by atoms with Gasteiger partial charge in [0.05, 0.1) is 11.1 Å². The summed E-state index contributed by atoms with van der Waals surface area (Å²) in [6.07, 6.45) is 3.57. The summed E-state index contributed by atoms with van der Waals surface area (Å²) in [5, 5.41) is 0. The number of esters is 2. The van der Waals surface area contributed by atoms with Crippen LogP contribution in [0.25, 0.3) is 0 Å². The molecule has 0 amide bonds. The lowest BCUT2D eigenvalue weighted by atomic mass is 10.2. The maximum atomic E-state index is 12.4. The molecule has 2 aromatic rings. The van der Waals surface area contributed by atoms with Crippen molar-refractivity contribution in [3.8, 4) is 0 Å². The third kappa shape index (κ3) is 6.44. The van der Waals surface area contributed by atoms with Gasteiger partial charge in [-0.1, -0.05) is 60.7 Å². The van der Waals surface area contributed by atoms with E-state index in [9.17, 15) is 9.59 Å². The second-order valence-electron chi connectivity index (χ2n) is 5.98. The van der Waals surface area contributed by atoms with E-state index >= 15 is 0 Å². The molecule has 0 aliphatic rings. The van der Waals surface area contributed by atoms with Crippen LogP contribution in [0.2, 0.25) is 0 Å². The largest absolute Gasteiger partial charge is 0.454 e. The van der Waals surface area contributed by atoms with Crippen LogP contribution in [0.1, 0.15) is 34.6 Å². The molecule has 0 aliphatic carbocycles. The van der Waals surface area contributed by atoms with E-state index in [0.717, 1.165) is 5.57 Å². The van der Waals surface area contributed by atoms with E-state index in [2.05, 4.69) is 6.58 Å². The van der Waals surface area contributed by atoms with Crippen molar-refractivity contribution < 1.29 is 19.1 Å². The Morgan fingerprint density at radius 3 is 1.89 bits per heavy atom. The Morgan fingerprint density at radius 1 is 0.852 bits per heavy atom. The van der Waals surface area contributed by atoms with E-state index < -0.39 is 11.9 Å². The highest BCUT2D eigenvalue weighted by atomic mass is 16.6. The van der Waals surface area contributed by atoms with Crippen molar-refractivity contribution in [1.29, 1.82) is 0 Å². The number of allylic oxidation sites excluding steroid dienone is 4. The highest BCUT2D eigenvalue weighted by molar-refractivity contribution is 5.90. The molecule has 0 aliphatic heterocycles. The monoisotopic (exact) mass is 362 g/mol. The van der Waals surface area contributed by atoms with Crippen LogP contribution in [0, 0.1) is 0 Å². The fraction of sp³-hybridized carbons (Fsp3) is 0.130. The first-order valence-electron chi connectivity index (χ1n) is 8.50. The first kappa shape index (κ1) is 19.9. The maximum Gasteiger partial charge on any atom is 0.343 e. The molecule has 0 N–H and O–H groups in total. The van der Waals surface area contributed by atoms with E-state index in [1.165, 1.54) is 0 Å². The molecule has 0 aromatic heterocycles. The highest BCUT2D eigenvalue weighted by Crippen LogP contribution is 2.14. The smallest absolute Gasteiger partial charge is 0.343 e. The fourth-order valence-corrected chi connectivity index (χ4v) is 2.12. The van der Waals surface area contributed by atoms with Gasteiger partial charge in [0.2, 0.25) is 0 Å². The molecule has 0 unspecified atom stereocenters. The van der Waals surface area contributed by atoms with Gasteiger partial charge in [0.15, 0.2) is 0 Å². The summed E-state index contributed by atoms with van der Waals surface area (Å²) < 4.78 is 10.8. The van der Waals surface area contributed by atoms with Crippen LogP contribution >= 0.6 is 0 Å². The minimum Gasteiger partial charge on any atom is -0.454 e. The first-order chi connectivity index (χ1) is 13.0. The summed E-state index contributed by atoms with van der Waals surface area (Å²) >= 11 is 0. The van der Waals surface area contributed by atoms with E-state index in [1.807, 2.05) is 19.1 Å². The van der Waals surface area contributed by atoms with Gasteiger partial charge in [0.1, 0.15) is 12.4 Å². The molecule has 2 rings (SSSR count). The quantitative estimate of drug-likeness (QED) is 0.390. The number of rotatable bonds is 7. The molecule has 4 heteroatoms. The summed E-state index contributed by atoms with van der Waals surface area (Å²) in [5.74, 6) is -0.726. The Labute approximate surface area is 159 Å². The van der Waals surface area contributed by atoms with Crippen LogP contribution < -0.4 is 0 Å². The molecule has 0 saturated heterocycles. The lowest BCUT2D eigenvalue weighted by Gasteiger charge is -2.12. The normalized spacial score (nSPS) is 11.6. The Kier molecular flexibility index (Phi) is 7.32. The molecule has 0 bridgehead atoms. The molecule has 4 nitrogen and oxygen atoms in total. The second-order valence-corrected chi connectivity index (χ2v) is 5.98. The van der Waals surface area contributed by atoms with Crippen molar-refractivity contribution in [3.63, 3.8) is 0 Å². The number of hydrogen-bond donors (Lipinski definition) is 0. The molecule has 0 radical (unpaired) electrons. The van der Waals surface area contributed by atoms with Crippen LogP contribution in [0.15, 0.2) is 96.3 Å². The molecule has 0 saturated carbocycles. The van der Waals surface area contributed by atoms with Crippen molar-refractivity contribution >= 4 is 11.9 Å². The lowest BCUT2D eigenvalue weighted by molar-refractivity contribution is 0.0405. The molecule has 0 atom stereocenters. The summed E-state index contributed by atoms with van der Waals surface area (Å²) in [4.78, 5) is 24.5. The fourth-order valence-electron chi connectivity index (χ4n) is 2.12. The van der Waals surface area contributed by atoms with Crippen molar-refractivity contribution in [2.24, 2.45) is 0 Å². The summed E-state index contributed by atoms with van der Waals surface area (Å²) in [6.45, 7) is 7.29. The van der Waals surface area contributed by atoms with E-state index in [1.54, 1.807) is 67.6 Å². The highest BCUT2D eigenvalue weighted by Gasteiger charge is 2.15. The molecular weight excluding hydrogens is 340 g/mol. The van der Waals surface area contributed by atoms with Crippen LogP contribution in [0.5, 0.6) is 0 Å². The van der Waals surface area contributed by atoms with Gasteiger partial charge in [-0.3, -0.25) is 0 Å². The average molecular weight is 362 g/mol. The zero-order chi connectivity index (χ0) is 19.6. The minimum absolute atomic E-state index is 0.154. The number of benzene rings is 2. The zero-order valence-corrected chi connectivity index (χ0v) is 15.5. The SMILES string of the molecule is C=C(C)/C=C\C(C)=C(/COC(=O)c1ccccc1)OC(=O)c1ccccc1. The van der Waals surface area contributed by atoms with Crippen LogP contribution in [0.4, 0.5) is 0 Å². The van der Waals surface area contributed by atoms with E-state index in [4.69, 9.17) is 9.47 Å². The third-order valence-corrected chi connectivity index (χ3v) is 3.63. The maximum absolute atomic E-state index is 12.4. The predicted octanol–water partition coefficient (Wildman–Crippen LogP) is 5.11. The third-order valence-electron chi connectivity index (χ3n) is 3.63. The predicted molar refractivity (Wildman–Crippen MR) is 105 cm³/mol. The molecule has 138 valence electrons. The van der Waals surface area contributed by atoms with Gasteiger partial charge in [0, 0.05) is 0 Å². The Morgan fingerprint density at radius 2 is 1.37 bits per heavy atom. The molecule has 27 heavy (non-hydrogen) atoms. The summed E-state index contributed by atoms with van der Waals surface area (Å²) in [7, 11) is 0. The molecule has 0 heterocycles. The number of carbonyl (C=O) groups excluding carboxylic acids is 2. The van der Waals surface area contributed by atoms with Crippen LogP contribution in [0.3, 0.4) is 0 Å². The summed E-state index contributed by atoms with van der Waals surface area (Å²) in [6, 6.07) is 17.3. The zero-order valence-electron chi connectivity index (χ0n) is 15.5. The van der Waals surface area contributed by atoms with Crippen molar-refractivity contribution in [2.45, 2.75) is 13.8 Å². The number of carbonyl (C=O) groups is 2. The Balaban J connectivity index is 2.17. The number of hydrogen-bond acceptors (Lipinski definition) is 4. The van der Waals surface area contributed by atoms with Crippen molar-refractivity contribution in [3.05, 3.63) is 107 Å². The van der Waals surface area contributed by atoms with E-state index in [-0.39, 0.29) is 12.4 Å². The van der Waals surface area contributed by atoms with Gasteiger partial charge in [-0.15, -0.1) is 0 Å². The molecule has 0 spiro atoms. The average Bonchev–Trinajstić information content (AvgIpc) is 2.70. The van der Waals surface area contributed by atoms with Gasteiger partial charge in [-0.25, -0.2) is 9.59 Å². The van der Waals surface area contributed by atoms with Gasteiger partial charge < -0.3 is 9.47 Å². The van der Waals surface area contributed by atoms with Crippen molar-refractivity contribution in [2.75, 3.05) is 6.61 Å². The topological polar surface area (TPSA) is 52.6 Å². The van der Waals surface area contributed by atoms with Gasteiger partial charge in [-0.05, 0) is 43.7 Å². The van der Waals surface area contributed by atoms with Gasteiger partial charge in [0.25, 0.3) is 0 Å². The van der Waals surface area contributed by atoms with Crippen molar-refractivity contribution in [1.82, 2.24) is 0 Å². The van der Waals surface area contributed by atoms with E-state index in [0.29, 0.717) is 16.7 Å². The van der Waals surface area contributed by atoms with Gasteiger partial charge >= 0.3 is 11.9 Å². The summed E-state index contributed by atoms with van der Waals surface area (Å²) in [5.41, 5.74) is 2.37. The minimum atomic E-state index is -0.510. The Hall–Kier alpha value is -3.40. The van der Waals surface area contributed by atoms with Crippen LogP contribution in [-0.4, -0.2) is 18.5 Å². The number of ether oxygens (including phenoxy) is 2.